The fourth-order valence-electron chi connectivity index (χ4n) is 1.49. The van der Waals surface area contributed by atoms with Crippen LogP contribution in [0.5, 0.6) is 11.5 Å². The van der Waals surface area contributed by atoms with E-state index in [1.54, 1.807) is 18.2 Å². The molecule has 1 aromatic rings. The highest BCUT2D eigenvalue weighted by Crippen LogP contribution is 2.27. The first-order valence-corrected chi connectivity index (χ1v) is 6.21. The summed E-state index contributed by atoms with van der Waals surface area (Å²) in [6.45, 7) is 5.96. The number of carbonyl (C=O) groups is 2. The molecule has 0 aliphatic heterocycles. The molecule has 0 saturated carbocycles. The largest absolute Gasteiger partial charge is 0.490 e. The highest BCUT2D eigenvalue weighted by molar-refractivity contribution is 5.78. The van der Waals surface area contributed by atoms with E-state index < -0.39 is 0 Å². The molecular formula is C14H19NO4. The fraction of sp³-hybridized carbons (Fsp3) is 0.429. The summed E-state index contributed by atoms with van der Waals surface area (Å²) in [6, 6.07) is 4.90. The average molecular weight is 265 g/mol. The number of nitrogens with one attached hydrogen (secondary N) is 1. The Morgan fingerprint density at radius 3 is 2.63 bits per heavy atom. The van der Waals surface area contributed by atoms with Gasteiger partial charge in [-0.05, 0) is 39.0 Å². The second-order valence-corrected chi connectivity index (χ2v) is 4.27. The Morgan fingerprint density at radius 2 is 2.05 bits per heavy atom. The maximum atomic E-state index is 11.5. The second kappa shape index (κ2) is 7.41. The molecule has 0 saturated heterocycles. The number of ether oxygens (including phenoxy) is 2. The molecule has 0 spiro atoms. The summed E-state index contributed by atoms with van der Waals surface area (Å²) in [7, 11) is 0. The van der Waals surface area contributed by atoms with Crippen LogP contribution >= 0.6 is 0 Å². The van der Waals surface area contributed by atoms with Gasteiger partial charge in [0.25, 0.3) is 5.91 Å². The molecule has 0 aliphatic carbocycles. The molecule has 0 bridgehead atoms. The van der Waals surface area contributed by atoms with Crippen LogP contribution in [0.3, 0.4) is 0 Å². The Labute approximate surface area is 112 Å². The van der Waals surface area contributed by atoms with Crippen molar-refractivity contribution in [3.63, 3.8) is 0 Å². The first-order valence-electron chi connectivity index (χ1n) is 6.21. The van der Waals surface area contributed by atoms with Crippen LogP contribution in [-0.4, -0.2) is 31.4 Å². The van der Waals surface area contributed by atoms with Crippen molar-refractivity contribution in [2.45, 2.75) is 26.8 Å². The number of aldehydes is 1. The van der Waals surface area contributed by atoms with Crippen molar-refractivity contribution in [3.05, 3.63) is 23.8 Å². The summed E-state index contributed by atoms with van der Waals surface area (Å²) >= 11 is 0. The van der Waals surface area contributed by atoms with Crippen LogP contribution in [0.2, 0.25) is 0 Å². The number of rotatable bonds is 7. The third-order valence-electron chi connectivity index (χ3n) is 2.21. The van der Waals surface area contributed by atoms with Gasteiger partial charge in [-0.15, -0.1) is 0 Å². The number of amides is 1. The van der Waals surface area contributed by atoms with Crippen LogP contribution in [-0.2, 0) is 4.79 Å². The molecule has 0 heterocycles. The van der Waals surface area contributed by atoms with Crippen molar-refractivity contribution in [2.24, 2.45) is 0 Å². The number of benzene rings is 1. The molecule has 0 fully saturated rings. The van der Waals surface area contributed by atoms with E-state index in [1.807, 2.05) is 20.8 Å². The number of carbonyl (C=O) groups excluding carboxylic acids is 2. The smallest absolute Gasteiger partial charge is 0.258 e. The highest BCUT2D eigenvalue weighted by Gasteiger charge is 2.09. The van der Waals surface area contributed by atoms with E-state index in [-0.39, 0.29) is 18.6 Å². The van der Waals surface area contributed by atoms with Crippen LogP contribution < -0.4 is 14.8 Å². The molecule has 0 aliphatic rings. The quantitative estimate of drug-likeness (QED) is 0.763. The lowest BCUT2D eigenvalue weighted by Gasteiger charge is -2.13. The van der Waals surface area contributed by atoms with Crippen LogP contribution in [0.1, 0.15) is 31.1 Å². The van der Waals surface area contributed by atoms with Crippen molar-refractivity contribution < 1.29 is 19.1 Å². The number of hydrogen-bond donors (Lipinski definition) is 1. The zero-order chi connectivity index (χ0) is 14.3. The van der Waals surface area contributed by atoms with Gasteiger partial charge in [0, 0.05) is 11.6 Å². The van der Waals surface area contributed by atoms with Crippen LogP contribution in [0.4, 0.5) is 0 Å². The third-order valence-corrected chi connectivity index (χ3v) is 2.21. The van der Waals surface area contributed by atoms with Crippen LogP contribution in [0, 0.1) is 0 Å². The molecule has 104 valence electrons. The molecule has 5 nitrogen and oxygen atoms in total. The lowest BCUT2D eigenvalue weighted by atomic mass is 10.2. The second-order valence-electron chi connectivity index (χ2n) is 4.27. The Hall–Kier alpha value is -2.04. The SMILES string of the molecule is CCOc1cc(C=O)ccc1OCC(=O)NC(C)C. The third kappa shape index (κ3) is 4.99. The maximum Gasteiger partial charge on any atom is 0.258 e. The van der Waals surface area contributed by atoms with Crippen LogP contribution in [0.15, 0.2) is 18.2 Å². The minimum Gasteiger partial charge on any atom is -0.490 e. The molecule has 1 rings (SSSR count). The standard InChI is InChI=1S/C14H19NO4/c1-4-18-13-7-11(8-16)5-6-12(13)19-9-14(17)15-10(2)3/h5-8,10H,4,9H2,1-3H3,(H,15,17). The summed E-state index contributed by atoms with van der Waals surface area (Å²) in [5.74, 6) is 0.715. The highest BCUT2D eigenvalue weighted by atomic mass is 16.5. The normalized spacial score (nSPS) is 10.1. The van der Waals surface area contributed by atoms with Crippen molar-refractivity contribution in [1.82, 2.24) is 5.32 Å². The molecule has 0 radical (unpaired) electrons. The fourth-order valence-corrected chi connectivity index (χ4v) is 1.49. The van der Waals surface area contributed by atoms with Gasteiger partial charge < -0.3 is 14.8 Å². The van der Waals surface area contributed by atoms with E-state index in [0.29, 0.717) is 23.7 Å². The van der Waals surface area contributed by atoms with Crippen molar-refractivity contribution in [3.8, 4) is 11.5 Å². The van der Waals surface area contributed by atoms with Gasteiger partial charge in [0.1, 0.15) is 6.29 Å². The molecule has 0 atom stereocenters. The Morgan fingerprint density at radius 1 is 1.32 bits per heavy atom. The Bertz CT molecular complexity index is 443. The molecule has 1 aromatic carbocycles. The molecule has 19 heavy (non-hydrogen) atoms. The first-order chi connectivity index (χ1) is 9.06. The summed E-state index contributed by atoms with van der Waals surface area (Å²) < 4.78 is 10.8. The average Bonchev–Trinajstić information content (AvgIpc) is 2.36. The molecule has 0 unspecified atom stereocenters. The lowest BCUT2D eigenvalue weighted by molar-refractivity contribution is -0.123. The summed E-state index contributed by atoms with van der Waals surface area (Å²) in [6.07, 6.45) is 0.734. The van der Waals surface area contributed by atoms with Gasteiger partial charge in [-0.25, -0.2) is 0 Å². The van der Waals surface area contributed by atoms with E-state index in [2.05, 4.69) is 5.32 Å². The van der Waals surface area contributed by atoms with Gasteiger partial charge in [0.2, 0.25) is 0 Å². The van der Waals surface area contributed by atoms with Crippen molar-refractivity contribution in [2.75, 3.05) is 13.2 Å². The maximum absolute atomic E-state index is 11.5. The molecule has 0 aromatic heterocycles. The van der Waals surface area contributed by atoms with Gasteiger partial charge in [0.15, 0.2) is 18.1 Å². The summed E-state index contributed by atoms with van der Waals surface area (Å²) in [4.78, 5) is 22.2. The van der Waals surface area contributed by atoms with Gasteiger partial charge in [-0.1, -0.05) is 0 Å². The predicted molar refractivity (Wildman–Crippen MR) is 71.8 cm³/mol. The number of hydrogen-bond acceptors (Lipinski definition) is 4. The molecule has 5 heteroatoms. The Balaban J connectivity index is 2.71. The van der Waals surface area contributed by atoms with Gasteiger partial charge in [0.05, 0.1) is 6.61 Å². The van der Waals surface area contributed by atoms with Gasteiger partial charge in [-0.3, -0.25) is 9.59 Å². The zero-order valence-electron chi connectivity index (χ0n) is 11.4. The van der Waals surface area contributed by atoms with E-state index >= 15 is 0 Å². The van der Waals surface area contributed by atoms with E-state index in [9.17, 15) is 9.59 Å². The van der Waals surface area contributed by atoms with Gasteiger partial charge in [-0.2, -0.15) is 0 Å². The van der Waals surface area contributed by atoms with Crippen molar-refractivity contribution in [1.29, 1.82) is 0 Å². The Kier molecular flexibility index (Phi) is 5.85. The zero-order valence-corrected chi connectivity index (χ0v) is 11.4. The minimum atomic E-state index is -0.197. The topological polar surface area (TPSA) is 64.6 Å². The molecular weight excluding hydrogens is 246 g/mol. The lowest BCUT2D eigenvalue weighted by Crippen LogP contribution is -2.34. The van der Waals surface area contributed by atoms with Crippen LogP contribution in [0.25, 0.3) is 0 Å². The summed E-state index contributed by atoms with van der Waals surface area (Å²) in [5, 5.41) is 2.73. The summed E-state index contributed by atoms with van der Waals surface area (Å²) in [5.41, 5.74) is 0.502. The molecule has 1 amide bonds. The van der Waals surface area contributed by atoms with Crippen molar-refractivity contribution >= 4 is 12.2 Å². The van der Waals surface area contributed by atoms with E-state index in [1.165, 1.54) is 0 Å². The van der Waals surface area contributed by atoms with E-state index in [0.717, 1.165) is 6.29 Å². The predicted octanol–water partition coefficient (Wildman–Crippen LogP) is 1.80. The molecule has 1 N–H and O–H groups in total. The van der Waals surface area contributed by atoms with Gasteiger partial charge >= 0.3 is 0 Å². The van der Waals surface area contributed by atoms with E-state index in [4.69, 9.17) is 9.47 Å². The first kappa shape index (κ1) is 15.0. The monoisotopic (exact) mass is 265 g/mol. The minimum absolute atomic E-state index is 0.0694.